The molecule has 0 aliphatic heterocycles. The number of nitrogens with zero attached hydrogens (tertiary/aromatic N) is 4. The molecule has 0 atom stereocenters. The Hall–Kier alpha value is -3.34. The van der Waals surface area contributed by atoms with Crippen molar-refractivity contribution in [2.75, 3.05) is 5.73 Å². The minimum Gasteiger partial charge on any atom is -0.382 e. The van der Waals surface area contributed by atoms with Gasteiger partial charge in [-0.25, -0.2) is 4.98 Å². The summed E-state index contributed by atoms with van der Waals surface area (Å²) in [5, 5.41) is 9.01. The van der Waals surface area contributed by atoms with Gasteiger partial charge in [-0.2, -0.15) is 10.2 Å². The summed E-state index contributed by atoms with van der Waals surface area (Å²) in [4.78, 5) is 9.00. The quantitative estimate of drug-likeness (QED) is 0.614. The summed E-state index contributed by atoms with van der Waals surface area (Å²) >= 11 is 0. The molecule has 0 fully saturated rings. The summed E-state index contributed by atoms with van der Waals surface area (Å²) in [5.41, 5.74) is 10.2. The third kappa shape index (κ3) is 2.48. The Morgan fingerprint density at radius 2 is 1.70 bits per heavy atom. The van der Waals surface area contributed by atoms with E-state index in [-0.39, 0.29) is 0 Å². The minimum atomic E-state index is 0.402. The van der Waals surface area contributed by atoms with Gasteiger partial charge >= 0.3 is 0 Å². The van der Waals surface area contributed by atoms with Crippen LogP contribution in [0.25, 0.3) is 33.4 Å². The predicted molar refractivity (Wildman–Crippen MR) is 90.4 cm³/mol. The van der Waals surface area contributed by atoms with E-state index >= 15 is 0 Å². The second kappa shape index (κ2) is 5.46. The van der Waals surface area contributed by atoms with Gasteiger partial charge in [0, 0.05) is 16.5 Å². The molecule has 0 saturated carbocycles. The molecule has 0 bridgehead atoms. The van der Waals surface area contributed by atoms with Crippen LogP contribution in [-0.2, 0) is 0 Å². The zero-order valence-electron chi connectivity index (χ0n) is 12.2. The van der Waals surface area contributed by atoms with E-state index in [9.17, 15) is 0 Å². The number of nitrogen functional groups attached to an aromatic ring is 1. The first-order valence-corrected chi connectivity index (χ1v) is 7.21. The van der Waals surface area contributed by atoms with E-state index in [1.165, 1.54) is 0 Å². The number of anilines is 1. The van der Waals surface area contributed by atoms with Crippen LogP contribution in [0, 0.1) is 0 Å². The second-order valence-electron chi connectivity index (χ2n) is 5.16. The van der Waals surface area contributed by atoms with Crippen LogP contribution >= 0.6 is 0 Å². The van der Waals surface area contributed by atoms with Crippen molar-refractivity contribution < 1.29 is 0 Å². The first-order valence-electron chi connectivity index (χ1n) is 7.21. The van der Waals surface area contributed by atoms with E-state index < -0.39 is 0 Å². The maximum absolute atomic E-state index is 5.84. The predicted octanol–water partition coefficient (Wildman–Crippen LogP) is 3.34. The maximum Gasteiger partial charge on any atom is 0.142 e. The highest BCUT2D eigenvalue weighted by Gasteiger charge is 2.12. The van der Waals surface area contributed by atoms with Gasteiger partial charge < -0.3 is 5.73 Å². The highest BCUT2D eigenvalue weighted by molar-refractivity contribution is 5.87. The number of aromatic nitrogens is 4. The van der Waals surface area contributed by atoms with E-state index in [1.807, 2.05) is 54.6 Å². The molecule has 0 spiro atoms. The fourth-order valence-electron chi connectivity index (χ4n) is 2.55. The van der Waals surface area contributed by atoms with Gasteiger partial charge in [0.15, 0.2) is 0 Å². The van der Waals surface area contributed by atoms with Gasteiger partial charge in [0.05, 0.1) is 29.3 Å². The molecule has 2 heterocycles. The van der Waals surface area contributed by atoms with Crippen LogP contribution in [0.2, 0.25) is 0 Å². The highest BCUT2D eigenvalue weighted by Crippen LogP contribution is 2.30. The van der Waals surface area contributed by atoms with Crippen LogP contribution in [0.15, 0.2) is 67.0 Å². The zero-order chi connectivity index (χ0) is 15.6. The third-order valence-corrected chi connectivity index (χ3v) is 3.63. The van der Waals surface area contributed by atoms with Crippen molar-refractivity contribution in [1.29, 1.82) is 0 Å². The van der Waals surface area contributed by atoms with Crippen LogP contribution < -0.4 is 5.73 Å². The first kappa shape index (κ1) is 13.3. The Bertz CT molecular complexity index is 983. The third-order valence-electron chi connectivity index (χ3n) is 3.63. The van der Waals surface area contributed by atoms with Gasteiger partial charge in [-0.3, -0.25) is 4.98 Å². The molecule has 2 aromatic heterocycles. The van der Waals surface area contributed by atoms with Crippen LogP contribution in [0.4, 0.5) is 5.82 Å². The number of hydrogen-bond acceptors (Lipinski definition) is 5. The van der Waals surface area contributed by atoms with Gasteiger partial charge in [0.25, 0.3) is 0 Å². The van der Waals surface area contributed by atoms with Crippen molar-refractivity contribution in [2.24, 2.45) is 0 Å². The normalized spacial score (nSPS) is 10.8. The van der Waals surface area contributed by atoms with Crippen LogP contribution in [0.1, 0.15) is 0 Å². The SMILES string of the molecule is Nc1cnc(-c2ccc3nnccc3c2)c(-c2ccccc2)n1. The lowest BCUT2D eigenvalue weighted by Crippen LogP contribution is -1.98. The molecule has 0 unspecified atom stereocenters. The molecular formula is C18H13N5. The van der Waals surface area contributed by atoms with Gasteiger partial charge in [-0.1, -0.05) is 36.4 Å². The Morgan fingerprint density at radius 3 is 2.57 bits per heavy atom. The molecule has 0 aliphatic carbocycles. The van der Waals surface area contributed by atoms with Crippen molar-refractivity contribution in [3.8, 4) is 22.5 Å². The molecule has 110 valence electrons. The average molecular weight is 299 g/mol. The molecule has 4 aromatic rings. The molecule has 2 N–H and O–H groups in total. The van der Waals surface area contributed by atoms with Crippen LogP contribution in [0.5, 0.6) is 0 Å². The molecule has 2 aromatic carbocycles. The summed E-state index contributed by atoms with van der Waals surface area (Å²) in [6.07, 6.45) is 3.26. The topological polar surface area (TPSA) is 77.6 Å². The molecular weight excluding hydrogens is 286 g/mol. The maximum atomic E-state index is 5.84. The van der Waals surface area contributed by atoms with Crippen molar-refractivity contribution in [3.05, 3.63) is 67.0 Å². The average Bonchev–Trinajstić information content (AvgIpc) is 2.62. The molecule has 4 rings (SSSR count). The van der Waals surface area contributed by atoms with Gasteiger partial charge in [0.2, 0.25) is 0 Å². The zero-order valence-corrected chi connectivity index (χ0v) is 12.2. The standard InChI is InChI=1S/C18H13N5/c19-16-11-20-17(18(22-16)12-4-2-1-3-5-12)14-6-7-15-13(10-14)8-9-21-23-15/h1-11H,(H2,19,22). The lowest BCUT2D eigenvalue weighted by Gasteiger charge is -2.09. The number of hydrogen-bond donors (Lipinski definition) is 1. The number of rotatable bonds is 2. The van der Waals surface area contributed by atoms with E-state index in [4.69, 9.17) is 5.73 Å². The molecule has 5 nitrogen and oxygen atoms in total. The van der Waals surface area contributed by atoms with Crippen molar-refractivity contribution in [3.63, 3.8) is 0 Å². The summed E-state index contributed by atoms with van der Waals surface area (Å²) in [6, 6.07) is 17.8. The number of nitrogens with two attached hydrogens (primary N) is 1. The van der Waals surface area contributed by atoms with Crippen molar-refractivity contribution in [2.45, 2.75) is 0 Å². The van der Waals surface area contributed by atoms with Crippen LogP contribution in [0.3, 0.4) is 0 Å². The second-order valence-corrected chi connectivity index (χ2v) is 5.16. The molecule has 0 saturated heterocycles. The minimum absolute atomic E-state index is 0.402. The fourth-order valence-corrected chi connectivity index (χ4v) is 2.55. The molecule has 0 aliphatic rings. The smallest absolute Gasteiger partial charge is 0.142 e. The molecule has 23 heavy (non-hydrogen) atoms. The first-order chi connectivity index (χ1) is 11.3. The molecule has 5 heteroatoms. The highest BCUT2D eigenvalue weighted by atomic mass is 15.1. The van der Waals surface area contributed by atoms with E-state index in [0.717, 1.165) is 33.4 Å². The largest absolute Gasteiger partial charge is 0.382 e. The molecule has 0 amide bonds. The monoisotopic (exact) mass is 299 g/mol. The lowest BCUT2D eigenvalue weighted by atomic mass is 10.0. The lowest BCUT2D eigenvalue weighted by molar-refractivity contribution is 1.08. The Labute approximate surface area is 132 Å². The van der Waals surface area contributed by atoms with E-state index in [0.29, 0.717) is 5.82 Å². The van der Waals surface area contributed by atoms with Crippen LogP contribution in [-0.4, -0.2) is 20.2 Å². The van der Waals surface area contributed by atoms with Crippen molar-refractivity contribution >= 4 is 16.7 Å². The molecule has 0 radical (unpaired) electrons. The number of fused-ring (bicyclic) bond motifs is 1. The Morgan fingerprint density at radius 1 is 0.826 bits per heavy atom. The van der Waals surface area contributed by atoms with E-state index in [2.05, 4.69) is 20.2 Å². The summed E-state index contributed by atoms with van der Waals surface area (Å²) in [7, 11) is 0. The van der Waals surface area contributed by atoms with E-state index in [1.54, 1.807) is 12.4 Å². The van der Waals surface area contributed by atoms with Gasteiger partial charge in [-0.05, 0) is 18.2 Å². The summed E-state index contributed by atoms with van der Waals surface area (Å²) in [5.74, 6) is 0.402. The summed E-state index contributed by atoms with van der Waals surface area (Å²) in [6.45, 7) is 0. The van der Waals surface area contributed by atoms with Crippen molar-refractivity contribution in [1.82, 2.24) is 20.2 Å². The number of benzene rings is 2. The fraction of sp³-hybridized carbons (Fsp3) is 0. The van der Waals surface area contributed by atoms with Gasteiger partial charge in [0.1, 0.15) is 5.82 Å². The summed E-state index contributed by atoms with van der Waals surface area (Å²) < 4.78 is 0. The Kier molecular flexibility index (Phi) is 3.16. The van der Waals surface area contributed by atoms with Gasteiger partial charge in [-0.15, -0.1) is 0 Å². The Balaban J connectivity index is 1.94.